The van der Waals surface area contributed by atoms with E-state index in [1.807, 2.05) is 12.1 Å². The molecular formula is C10H11N5. The van der Waals surface area contributed by atoms with Crippen LogP contribution in [0.1, 0.15) is 18.5 Å². The van der Waals surface area contributed by atoms with E-state index >= 15 is 0 Å². The van der Waals surface area contributed by atoms with E-state index in [1.54, 1.807) is 17.2 Å². The number of hydrogen-bond donors (Lipinski definition) is 1. The molecule has 3 rings (SSSR count). The van der Waals surface area contributed by atoms with Crippen LogP contribution in [0.25, 0.3) is 5.69 Å². The molecule has 0 radical (unpaired) electrons. The van der Waals surface area contributed by atoms with Crippen molar-refractivity contribution in [2.75, 3.05) is 0 Å². The van der Waals surface area contributed by atoms with E-state index in [9.17, 15) is 0 Å². The zero-order valence-electron chi connectivity index (χ0n) is 8.17. The van der Waals surface area contributed by atoms with Crippen LogP contribution in [0.2, 0.25) is 0 Å². The largest absolute Gasteiger partial charge is 0.320 e. The number of rotatable bonds is 2. The lowest BCUT2D eigenvalue weighted by Gasteiger charge is -2.08. The molecule has 0 aromatic carbocycles. The first-order valence-electron chi connectivity index (χ1n) is 4.88. The van der Waals surface area contributed by atoms with Crippen LogP contribution >= 0.6 is 0 Å². The molecule has 2 N–H and O–H groups in total. The second-order valence-corrected chi connectivity index (χ2v) is 3.90. The molecular weight excluding hydrogens is 190 g/mol. The van der Waals surface area contributed by atoms with Gasteiger partial charge in [-0.1, -0.05) is 0 Å². The summed E-state index contributed by atoms with van der Waals surface area (Å²) in [5, 5.41) is 4.03. The van der Waals surface area contributed by atoms with Crippen molar-refractivity contribution >= 4 is 0 Å². The number of hydrogen-bond acceptors (Lipinski definition) is 4. The summed E-state index contributed by atoms with van der Waals surface area (Å²) < 4.78 is 1.67. The first-order chi connectivity index (χ1) is 7.28. The fraction of sp³-hybridized carbons (Fsp3) is 0.300. The predicted molar refractivity (Wildman–Crippen MR) is 54.3 cm³/mol. The molecule has 0 bridgehead atoms. The predicted octanol–water partition coefficient (Wildman–Crippen LogP) is 0.610. The van der Waals surface area contributed by atoms with E-state index < -0.39 is 0 Å². The van der Waals surface area contributed by atoms with E-state index in [-0.39, 0.29) is 5.54 Å². The Kier molecular flexibility index (Phi) is 1.63. The molecule has 1 saturated carbocycles. The van der Waals surface area contributed by atoms with Crippen LogP contribution in [-0.4, -0.2) is 19.7 Å². The lowest BCUT2D eigenvalue weighted by Crippen LogP contribution is -2.20. The smallest absolute Gasteiger partial charge is 0.138 e. The van der Waals surface area contributed by atoms with E-state index in [4.69, 9.17) is 5.73 Å². The van der Waals surface area contributed by atoms with Crippen LogP contribution in [-0.2, 0) is 5.54 Å². The monoisotopic (exact) mass is 201 g/mol. The van der Waals surface area contributed by atoms with Crippen molar-refractivity contribution in [2.45, 2.75) is 18.4 Å². The molecule has 0 aliphatic heterocycles. The van der Waals surface area contributed by atoms with Crippen molar-refractivity contribution in [3.63, 3.8) is 0 Å². The molecule has 15 heavy (non-hydrogen) atoms. The van der Waals surface area contributed by atoms with Crippen molar-refractivity contribution < 1.29 is 0 Å². The molecule has 2 aromatic rings. The summed E-state index contributed by atoms with van der Waals surface area (Å²) in [6.45, 7) is 0. The van der Waals surface area contributed by atoms with Gasteiger partial charge in [0.2, 0.25) is 0 Å². The minimum absolute atomic E-state index is 0.166. The van der Waals surface area contributed by atoms with Crippen LogP contribution in [0.5, 0.6) is 0 Å². The molecule has 1 aliphatic carbocycles. The minimum Gasteiger partial charge on any atom is -0.320 e. The number of aromatic nitrogens is 4. The Morgan fingerprint density at radius 2 is 2.20 bits per heavy atom. The third kappa shape index (κ3) is 1.41. The van der Waals surface area contributed by atoms with Gasteiger partial charge in [-0.2, -0.15) is 5.10 Å². The summed E-state index contributed by atoms with van der Waals surface area (Å²) in [5.41, 5.74) is 7.74. The van der Waals surface area contributed by atoms with Gasteiger partial charge >= 0.3 is 0 Å². The van der Waals surface area contributed by atoms with Gasteiger partial charge in [-0.15, -0.1) is 0 Å². The highest BCUT2D eigenvalue weighted by molar-refractivity contribution is 5.32. The average molecular weight is 201 g/mol. The highest BCUT2D eigenvalue weighted by atomic mass is 15.3. The number of nitrogens with zero attached hydrogens (tertiary/aromatic N) is 4. The highest BCUT2D eigenvalue weighted by Gasteiger charge is 2.41. The number of pyridine rings is 1. The quantitative estimate of drug-likeness (QED) is 0.772. The second kappa shape index (κ2) is 2.87. The van der Waals surface area contributed by atoms with Gasteiger partial charge < -0.3 is 5.73 Å². The normalized spacial score (nSPS) is 17.7. The molecule has 0 saturated heterocycles. The van der Waals surface area contributed by atoms with Crippen LogP contribution < -0.4 is 5.73 Å². The number of nitrogens with two attached hydrogens (primary N) is 1. The van der Waals surface area contributed by atoms with Crippen molar-refractivity contribution in [1.82, 2.24) is 19.7 Å². The van der Waals surface area contributed by atoms with Gasteiger partial charge in [0.25, 0.3) is 0 Å². The molecule has 1 fully saturated rings. The van der Waals surface area contributed by atoms with Gasteiger partial charge in [-0.25, -0.2) is 9.67 Å². The molecule has 2 aromatic heterocycles. The summed E-state index contributed by atoms with van der Waals surface area (Å²) in [6, 6.07) is 3.92. The van der Waals surface area contributed by atoms with Gasteiger partial charge in [-0.05, 0) is 25.0 Å². The maximum Gasteiger partial charge on any atom is 0.138 e. The van der Waals surface area contributed by atoms with Gasteiger partial charge in [0.15, 0.2) is 0 Å². The zero-order chi connectivity index (χ0) is 10.3. The van der Waals surface area contributed by atoms with Crippen molar-refractivity contribution in [3.05, 3.63) is 36.7 Å². The highest BCUT2D eigenvalue weighted by Crippen LogP contribution is 2.41. The summed E-state index contributed by atoms with van der Waals surface area (Å²) in [5.74, 6) is 0. The fourth-order valence-corrected chi connectivity index (χ4v) is 1.55. The Morgan fingerprint density at radius 3 is 2.73 bits per heavy atom. The molecule has 0 atom stereocenters. The molecule has 1 aliphatic rings. The lowest BCUT2D eigenvalue weighted by atomic mass is 10.2. The standard InChI is InChI=1S/C10H11N5/c11-10(3-4-10)9-2-1-8(5-13-9)15-7-12-6-14-15/h1-2,5-7H,3-4,11H2. The first kappa shape index (κ1) is 8.55. The maximum absolute atomic E-state index is 6.04. The first-order valence-corrected chi connectivity index (χ1v) is 4.88. The van der Waals surface area contributed by atoms with Crippen LogP contribution in [0, 0.1) is 0 Å². The zero-order valence-corrected chi connectivity index (χ0v) is 8.17. The lowest BCUT2D eigenvalue weighted by molar-refractivity contribution is 0.705. The summed E-state index contributed by atoms with van der Waals surface area (Å²) in [4.78, 5) is 8.24. The Hall–Kier alpha value is -1.75. The Balaban J connectivity index is 1.94. The molecule has 76 valence electrons. The molecule has 0 amide bonds. The van der Waals surface area contributed by atoms with E-state index in [1.165, 1.54) is 6.33 Å². The van der Waals surface area contributed by atoms with Crippen molar-refractivity contribution in [2.24, 2.45) is 5.73 Å². The fourth-order valence-electron chi connectivity index (χ4n) is 1.55. The van der Waals surface area contributed by atoms with E-state index in [2.05, 4.69) is 15.1 Å². The van der Waals surface area contributed by atoms with E-state index in [0.717, 1.165) is 24.2 Å². The maximum atomic E-state index is 6.04. The minimum atomic E-state index is -0.166. The van der Waals surface area contributed by atoms with E-state index in [0.29, 0.717) is 0 Å². The van der Waals surface area contributed by atoms with Crippen LogP contribution in [0.3, 0.4) is 0 Å². The van der Waals surface area contributed by atoms with Gasteiger partial charge in [-0.3, -0.25) is 4.98 Å². The van der Waals surface area contributed by atoms with Gasteiger partial charge in [0.1, 0.15) is 12.7 Å². The second-order valence-electron chi connectivity index (χ2n) is 3.90. The molecule has 2 heterocycles. The Labute approximate surface area is 87.0 Å². The van der Waals surface area contributed by atoms with Crippen LogP contribution in [0.15, 0.2) is 31.0 Å². The van der Waals surface area contributed by atoms with Crippen LogP contribution in [0.4, 0.5) is 0 Å². The Morgan fingerprint density at radius 1 is 1.33 bits per heavy atom. The van der Waals surface area contributed by atoms with Gasteiger partial charge in [0, 0.05) is 0 Å². The third-order valence-electron chi connectivity index (χ3n) is 2.73. The molecule has 5 nitrogen and oxygen atoms in total. The van der Waals surface area contributed by atoms with Crippen molar-refractivity contribution in [3.8, 4) is 5.69 Å². The van der Waals surface area contributed by atoms with Gasteiger partial charge in [0.05, 0.1) is 23.1 Å². The SMILES string of the molecule is NC1(c2ccc(-n3cncn3)cn2)CC1. The van der Waals surface area contributed by atoms with Crippen molar-refractivity contribution in [1.29, 1.82) is 0 Å². The topological polar surface area (TPSA) is 69.6 Å². The summed E-state index contributed by atoms with van der Waals surface area (Å²) in [6.07, 6.45) is 6.98. The molecule has 5 heteroatoms. The third-order valence-corrected chi connectivity index (χ3v) is 2.73. The molecule has 0 unspecified atom stereocenters. The molecule has 0 spiro atoms. The Bertz CT molecular complexity index is 455. The average Bonchev–Trinajstić information content (AvgIpc) is 2.84. The summed E-state index contributed by atoms with van der Waals surface area (Å²) >= 11 is 0. The summed E-state index contributed by atoms with van der Waals surface area (Å²) in [7, 11) is 0.